The molecule has 32 heteroatoms. The number of nitrogens with zero attached hydrogens (tertiary/aromatic N) is 18. The third-order valence-electron chi connectivity index (χ3n) is 13.5. The van der Waals surface area contributed by atoms with Gasteiger partial charge in [0.2, 0.25) is 6.41 Å². The number of aromatic nitrogens is 15. The average Bonchev–Trinajstić information content (AvgIpc) is 1.61. The van der Waals surface area contributed by atoms with E-state index in [1.165, 1.54) is 30.2 Å². The van der Waals surface area contributed by atoms with E-state index in [0.717, 1.165) is 6.41 Å². The maximum absolute atomic E-state index is 14.2. The molecule has 0 spiro atoms. The summed E-state index contributed by atoms with van der Waals surface area (Å²) in [5.41, 5.74) is 46.8. The molecule has 15 N–H and O–H groups in total. The molecule has 0 atom stereocenters. The van der Waals surface area contributed by atoms with Gasteiger partial charge in [-0.3, -0.25) is 10.1 Å². The molecule has 0 saturated heterocycles. The fraction of sp³-hybridized carbons (Fsp3) is 0.0968. The first-order valence-electron chi connectivity index (χ1n) is 28.0. The normalized spacial score (nSPS) is 10.9. The van der Waals surface area contributed by atoms with Crippen LogP contribution >= 0.6 is 0 Å². The lowest BCUT2D eigenvalue weighted by atomic mass is 10.2. The largest absolute Gasteiger partial charge is 0.453 e. The van der Waals surface area contributed by atoms with Crippen LogP contribution in [0.4, 0.5) is 75.6 Å². The monoisotopic (exact) mass is 1270 g/mol. The van der Waals surface area contributed by atoms with Gasteiger partial charge in [-0.15, -0.1) is 5.11 Å². The number of nitrogens with one attached hydrogen (secondary N) is 1. The van der Waals surface area contributed by atoms with Gasteiger partial charge in [0.15, 0.2) is 75.0 Å². The molecule has 13 rings (SSSR count). The van der Waals surface area contributed by atoms with Gasteiger partial charge in [0, 0.05) is 49.4 Å². The minimum absolute atomic E-state index is 0.0406. The number of azo groups is 1. The lowest BCUT2D eigenvalue weighted by molar-refractivity contribution is -0.115. The van der Waals surface area contributed by atoms with Gasteiger partial charge in [-0.1, -0.05) is 72.8 Å². The highest BCUT2D eigenvalue weighted by atomic mass is 19.1. The lowest BCUT2D eigenvalue weighted by Gasteiger charge is -2.10. The lowest BCUT2D eigenvalue weighted by Crippen LogP contribution is -2.16. The van der Waals surface area contributed by atoms with E-state index in [9.17, 15) is 22.8 Å². The van der Waals surface area contributed by atoms with E-state index in [2.05, 4.69) is 80.4 Å². The van der Waals surface area contributed by atoms with E-state index in [-0.39, 0.29) is 107 Å². The van der Waals surface area contributed by atoms with Gasteiger partial charge < -0.3 is 49.8 Å². The molecule has 0 saturated carbocycles. The number of nitrogen functional groups attached to an aromatic ring is 7. The number of halogens is 3. The number of carbonyl (C=O) groups is 2. The zero-order chi connectivity index (χ0) is 66.6. The molecular weight excluding hydrogens is 1210 g/mol. The summed E-state index contributed by atoms with van der Waals surface area (Å²) in [5, 5.41) is 26.3. The van der Waals surface area contributed by atoms with Crippen molar-refractivity contribution in [3.63, 3.8) is 0 Å². The number of amides is 2. The fourth-order valence-electron chi connectivity index (χ4n) is 9.01. The molecule has 9 aromatic heterocycles. The zero-order valence-corrected chi connectivity index (χ0v) is 50.2. The van der Waals surface area contributed by atoms with Crippen LogP contribution in [0.5, 0.6) is 0 Å². The summed E-state index contributed by atoms with van der Waals surface area (Å²) in [6.45, 7) is 0.557. The van der Waals surface area contributed by atoms with Gasteiger partial charge in [-0.2, -0.15) is 20.4 Å². The Morgan fingerprint density at radius 2 is 0.830 bits per heavy atom. The van der Waals surface area contributed by atoms with E-state index in [0.29, 0.717) is 72.6 Å². The van der Waals surface area contributed by atoms with Gasteiger partial charge in [0.05, 0.1) is 48.6 Å². The van der Waals surface area contributed by atoms with Gasteiger partial charge in [0.1, 0.15) is 45.9 Å². The first-order chi connectivity index (χ1) is 45.4. The Kier molecular flexibility index (Phi) is 19.3. The minimum atomic E-state index is -0.756. The molecule has 0 aliphatic rings. The Balaban J connectivity index is 0.000000149. The van der Waals surface area contributed by atoms with E-state index < -0.39 is 6.09 Å². The predicted octanol–water partition coefficient (Wildman–Crippen LogP) is 8.60. The molecule has 9 heterocycles. The van der Waals surface area contributed by atoms with Crippen molar-refractivity contribution in [2.45, 2.75) is 19.6 Å². The average molecular weight is 1270 g/mol. The summed E-state index contributed by atoms with van der Waals surface area (Å²) in [5.74, 6) is -0.201. The Morgan fingerprint density at radius 1 is 0.489 bits per heavy atom. The van der Waals surface area contributed by atoms with Gasteiger partial charge >= 0.3 is 6.09 Å². The highest BCUT2D eigenvalue weighted by molar-refractivity contribution is 5.95. The number of methoxy groups -OCH3 is 1. The van der Waals surface area contributed by atoms with Crippen molar-refractivity contribution >= 4 is 103 Å². The third kappa shape index (κ3) is 14.4. The van der Waals surface area contributed by atoms with Crippen LogP contribution in [0, 0.1) is 17.5 Å². The molecule has 94 heavy (non-hydrogen) atoms. The zero-order valence-electron chi connectivity index (χ0n) is 50.2. The molecule has 0 fully saturated rings. The number of hydrogen-bond donors (Lipinski definition) is 8. The molecule has 0 bridgehead atoms. The van der Waals surface area contributed by atoms with Crippen LogP contribution in [-0.4, -0.2) is 113 Å². The SMILES string of the molecule is CN(C)C=O.COC(=O)Nc1c(N)nc(-c2nn(Cc3ccccc3F)c3ncccc23)nc1N.Nc1nc(-c2nn(Cc3ccccc3F)c3ncccc23)nc(N)c1N.Nc1nc(-c2nn(Cc3ccccc3F)c3ncccc23)nc(N)c1N=Nc1ccccc1. The molecule has 0 aliphatic heterocycles. The minimum Gasteiger partial charge on any atom is -0.453 e. The van der Waals surface area contributed by atoms with Crippen molar-refractivity contribution in [1.82, 2.24) is 79.1 Å². The van der Waals surface area contributed by atoms with Gasteiger partial charge in [-0.05, 0) is 66.7 Å². The number of rotatable bonds is 13. The first-order valence-corrected chi connectivity index (χ1v) is 28.0. The van der Waals surface area contributed by atoms with Crippen LogP contribution in [0.3, 0.4) is 0 Å². The standard InChI is InChI=1S/C23H18FN9.C19H17FN8O2.C17H15FN8.C3H7NO/c24-17-11-5-4-7-14(17)13-33-23-16(10-6-12-27-23)18(32-33)22-28-20(25)19(21(26)29-22)31-30-15-8-2-1-3-9-15;1-30-19(29)24-14-15(21)25-17(26-16(14)22)13-11-6-4-8-23-18(11)28(27-13)9-10-5-2-3-7-12(10)20;18-11-6-2-1-4-9(11)8-26-17-10(5-3-7-22-17)13(25-26)16-23-14(20)12(19)15(21)24-16;1-4(2)3-5/h1-12H,13H2,(H4,25,26,28,29);2-8H,9H2,1H3,(H,24,29)(H4,21,22,25,26);1-7H,8,19H2,(H4,20,21,23,24);3H,1-2H3. The maximum Gasteiger partial charge on any atom is 0.411 e. The molecule has 4 aromatic carbocycles. The summed E-state index contributed by atoms with van der Waals surface area (Å²) in [6.07, 6.45) is 4.88. The summed E-state index contributed by atoms with van der Waals surface area (Å²) >= 11 is 0. The highest BCUT2D eigenvalue weighted by Crippen LogP contribution is 2.35. The summed E-state index contributed by atoms with van der Waals surface area (Å²) in [6, 6.07) is 39.3. The highest BCUT2D eigenvalue weighted by Gasteiger charge is 2.23. The molecule has 2 amide bonds. The Hall–Kier alpha value is -13.3. The Morgan fingerprint density at radius 3 is 1.18 bits per heavy atom. The fourth-order valence-corrected chi connectivity index (χ4v) is 9.01. The Bertz CT molecular complexity index is 4860. The second-order valence-corrected chi connectivity index (χ2v) is 20.2. The van der Waals surface area contributed by atoms with Crippen molar-refractivity contribution in [3.05, 3.63) is 192 Å². The van der Waals surface area contributed by atoms with Crippen molar-refractivity contribution < 1.29 is 27.5 Å². The maximum atomic E-state index is 14.2. The topological polar surface area (TPSA) is 435 Å². The number of benzene rings is 4. The van der Waals surface area contributed by atoms with Crippen molar-refractivity contribution in [2.75, 3.05) is 66.7 Å². The van der Waals surface area contributed by atoms with Crippen molar-refractivity contribution in [3.8, 4) is 34.6 Å². The molecule has 474 valence electrons. The molecule has 29 nitrogen and oxygen atoms in total. The quantitative estimate of drug-likeness (QED) is 0.0395. The summed E-state index contributed by atoms with van der Waals surface area (Å²) in [4.78, 5) is 61.0. The summed E-state index contributed by atoms with van der Waals surface area (Å²) in [7, 11) is 4.58. The van der Waals surface area contributed by atoms with E-state index in [4.69, 9.17) is 40.1 Å². The molecule has 0 aliphatic carbocycles. The van der Waals surface area contributed by atoms with Crippen LogP contribution in [0.2, 0.25) is 0 Å². The first kappa shape index (κ1) is 63.7. The molecule has 0 unspecified atom stereocenters. The Labute approximate surface area is 531 Å². The number of fused-ring (bicyclic) bond motifs is 3. The number of hydrogen-bond acceptors (Lipinski definition) is 24. The molecular formula is C62H57F3N26O3. The predicted molar refractivity (Wildman–Crippen MR) is 349 cm³/mol. The number of nitrogens with two attached hydrogens (primary N) is 7. The van der Waals surface area contributed by atoms with Gasteiger partial charge in [0.25, 0.3) is 0 Å². The number of ether oxygens (including phenoxy) is 1. The second-order valence-electron chi connectivity index (χ2n) is 20.2. The van der Waals surface area contributed by atoms with E-state index in [1.54, 1.807) is 138 Å². The van der Waals surface area contributed by atoms with Crippen LogP contribution in [0.1, 0.15) is 16.7 Å². The van der Waals surface area contributed by atoms with E-state index in [1.807, 2.05) is 30.3 Å². The number of carbonyl (C=O) groups excluding carboxylic acids is 2. The number of pyridine rings is 3. The second kappa shape index (κ2) is 28.5. The smallest absolute Gasteiger partial charge is 0.411 e. The summed E-state index contributed by atoms with van der Waals surface area (Å²) < 4.78 is 51.6. The van der Waals surface area contributed by atoms with Crippen molar-refractivity contribution in [1.29, 1.82) is 0 Å². The van der Waals surface area contributed by atoms with Gasteiger partial charge in [-0.25, -0.2) is 76.9 Å². The van der Waals surface area contributed by atoms with Crippen LogP contribution in [0.15, 0.2) is 168 Å². The van der Waals surface area contributed by atoms with E-state index >= 15 is 0 Å². The molecule has 0 radical (unpaired) electrons. The molecule has 13 aromatic rings. The van der Waals surface area contributed by atoms with Crippen LogP contribution < -0.4 is 45.5 Å². The number of anilines is 8. The van der Waals surface area contributed by atoms with Crippen LogP contribution in [0.25, 0.3) is 67.7 Å². The third-order valence-corrected chi connectivity index (χ3v) is 13.5. The van der Waals surface area contributed by atoms with Crippen LogP contribution in [-0.2, 0) is 29.2 Å². The van der Waals surface area contributed by atoms with Crippen molar-refractivity contribution in [2.24, 2.45) is 10.2 Å².